The highest BCUT2D eigenvalue weighted by molar-refractivity contribution is 5.76. The van der Waals surface area contributed by atoms with Gasteiger partial charge >= 0.3 is 17.9 Å². The van der Waals surface area contributed by atoms with Gasteiger partial charge in [0.2, 0.25) is 0 Å². The van der Waals surface area contributed by atoms with Crippen molar-refractivity contribution < 1.29 is 33.7 Å². The van der Waals surface area contributed by atoms with Gasteiger partial charge in [0.05, 0.1) is 12.0 Å². The number of anilines is 1. The normalized spacial score (nSPS) is 39.1. The minimum Gasteiger partial charge on any atom is -0.462 e. The fraction of sp³-hybridized carbons (Fsp3) is 0.690. The molecule has 0 aromatic heterocycles. The summed E-state index contributed by atoms with van der Waals surface area (Å²) in [6.45, 7) is 10.6. The topological polar surface area (TPSA) is 106 Å². The van der Waals surface area contributed by atoms with Gasteiger partial charge in [0.15, 0.2) is 0 Å². The van der Waals surface area contributed by atoms with Gasteiger partial charge in [-0.25, -0.2) is 0 Å². The van der Waals surface area contributed by atoms with Crippen LogP contribution in [0, 0.1) is 29.1 Å². The van der Waals surface area contributed by atoms with Crippen molar-refractivity contribution >= 4 is 23.6 Å². The molecule has 0 spiro atoms. The standard InChI is InChI=1S/C29H40N2O7/c1-17-14-22-25(27(34)29(4)24(37-19(3)33)15-23(26(17)29)36-18(2)32)21(28(35)38-22)16-30-10-12-31(13-11-30)20-8-6-5-7-9-20/h5-9,17,21-27,34H,10-16H2,1-4H3/t17-,21+,22+,23-,24-,25+,26+,27-,29-/m0/s1. The number of aliphatic hydroxyl groups excluding tert-OH is 1. The number of esters is 3. The van der Waals surface area contributed by atoms with Gasteiger partial charge in [-0.15, -0.1) is 0 Å². The molecule has 0 radical (unpaired) electrons. The zero-order valence-corrected chi connectivity index (χ0v) is 22.7. The Hall–Kier alpha value is -2.65. The van der Waals surface area contributed by atoms with Crippen LogP contribution in [0.2, 0.25) is 0 Å². The molecule has 9 atom stereocenters. The molecule has 1 aromatic rings. The molecule has 4 fully saturated rings. The van der Waals surface area contributed by atoms with Crippen molar-refractivity contribution in [1.29, 1.82) is 0 Å². The van der Waals surface area contributed by atoms with Gasteiger partial charge in [0, 0.05) is 75.9 Å². The highest BCUT2D eigenvalue weighted by Crippen LogP contribution is 2.59. The molecule has 0 bridgehead atoms. The molecular formula is C29H40N2O7. The molecule has 0 amide bonds. The summed E-state index contributed by atoms with van der Waals surface area (Å²) in [6.07, 6.45) is -1.60. The van der Waals surface area contributed by atoms with Crippen LogP contribution in [0.5, 0.6) is 0 Å². The monoisotopic (exact) mass is 528 g/mol. The summed E-state index contributed by atoms with van der Waals surface area (Å²) in [6, 6.07) is 10.3. The van der Waals surface area contributed by atoms with Crippen LogP contribution in [0.1, 0.15) is 40.5 Å². The molecule has 4 aliphatic rings. The Kier molecular flexibility index (Phi) is 7.44. The van der Waals surface area contributed by atoms with Crippen molar-refractivity contribution in [3.63, 3.8) is 0 Å². The third-order valence-electron chi connectivity index (χ3n) is 9.52. The van der Waals surface area contributed by atoms with E-state index in [0.29, 0.717) is 19.4 Å². The largest absolute Gasteiger partial charge is 0.462 e. The van der Waals surface area contributed by atoms with Gasteiger partial charge in [-0.3, -0.25) is 19.3 Å². The second kappa shape index (κ2) is 10.5. The number of para-hydroxylation sites is 1. The van der Waals surface area contributed by atoms with Crippen LogP contribution in [-0.4, -0.2) is 85.1 Å². The van der Waals surface area contributed by atoms with Gasteiger partial charge < -0.3 is 24.2 Å². The molecule has 2 saturated heterocycles. The van der Waals surface area contributed by atoms with E-state index in [2.05, 4.69) is 28.9 Å². The number of fused-ring (bicyclic) bond motifs is 2. The summed E-state index contributed by atoms with van der Waals surface area (Å²) in [5, 5.41) is 12.1. The summed E-state index contributed by atoms with van der Waals surface area (Å²) in [4.78, 5) is 41.8. The molecule has 0 unspecified atom stereocenters. The van der Waals surface area contributed by atoms with E-state index in [1.807, 2.05) is 25.1 Å². The van der Waals surface area contributed by atoms with Crippen molar-refractivity contribution in [1.82, 2.24) is 4.90 Å². The number of rotatable bonds is 5. The van der Waals surface area contributed by atoms with E-state index in [9.17, 15) is 19.5 Å². The number of carbonyl (C=O) groups is 3. The van der Waals surface area contributed by atoms with Gasteiger partial charge in [0.1, 0.15) is 18.3 Å². The Morgan fingerprint density at radius 1 is 1.05 bits per heavy atom. The summed E-state index contributed by atoms with van der Waals surface area (Å²) in [5.41, 5.74) is 0.308. The minimum atomic E-state index is -0.964. The first-order valence-electron chi connectivity index (χ1n) is 13.8. The van der Waals surface area contributed by atoms with Crippen LogP contribution in [-0.2, 0) is 28.6 Å². The number of nitrogens with zero attached hydrogens (tertiary/aromatic N) is 2. The zero-order chi connectivity index (χ0) is 27.2. The van der Waals surface area contributed by atoms with Gasteiger partial charge in [-0.1, -0.05) is 32.0 Å². The molecule has 208 valence electrons. The predicted octanol–water partition coefficient (Wildman–Crippen LogP) is 2.26. The fourth-order valence-electron chi connectivity index (χ4n) is 7.89. The highest BCUT2D eigenvalue weighted by Gasteiger charge is 2.67. The lowest BCUT2D eigenvalue weighted by atomic mass is 9.66. The Labute approximate surface area is 224 Å². The number of aliphatic hydroxyl groups is 1. The Morgan fingerprint density at radius 2 is 1.71 bits per heavy atom. The quantitative estimate of drug-likeness (QED) is 0.455. The van der Waals surface area contributed by atoms with E-state index in [1.165, 1.54) is 19.5 Å². The van der Waals surface area contributed by atoms with E-state index in [-0.39, 0.29) is 17.8 Å². The summed E-state index contributed by atoms with van der Waals surface area (Å²) in [7, 11) is 0. The first-order chi connectivity index (χ1) is 18.1. The average Bonchev–Trinajstić information content (AvgIpc) is 3.28. The van der Waals surface area contributed by atoms with E-state index in [0.717, 1.165) is 26.2 Å². The van der Waals surface area contributed by atoms with Crippen LogP contribution < -0.4 is 4.90 Å². The van der Waals surface area contributed by atoms with Crippen molar-refractivity contribution in [2.45, 2.75) is 65.0 Å². The van der Waals surface area contributed by atoms with Gasteiger partial charge in [0.25, 0.3) is 0 Å². The van der Waals surface area contributed by atoms with Gasteiger partial charge in [-0.05, 0) is 24.5 Å². The maximum atomic E-state index is 13.2. The third kappa shape index (κ3) is 4.79. The van der Waals surface area contributed by atoms with E-state index < -0.39 is 53.6 Å². The molecule has 9 nitrogen and oxygen atoms in total. The highest BCUT2D eigenvalue weighted by atomic mass is 16.6. The summed E-state index contributed by atoms with van der Waals surface area (Å²) < 4.78 is 17.4. The fourth-order valence-corrected chi connectivity index (χ4v) is 7.89. The van der Waals surface area contributed by atoms with Crippen molar-refractivity contribution in [2.75, 3.05) is 37.6 Å². The van der Waals surface area contributed by atoms with Gasteiger partial charge in [-0.2, -0.15) is 0 Å². The number of benzene rings is 1. The van der Waals surface area contributed by atoms with Crippen molar-refractivity contribution in [2.24, 2.45) is 29.1 Å². The summed E-state index contributed by atoms with van der Waals surface area (Å²) >= 11 is 0. The number of piperazine rings is 1. The average molecular weight is 529 g/mol. The molecule has 2 heterocycles. The van der Waals surface area contributed by atoms with E-state index in [1.54, 1.807) is 0 Å². The van der Waals surface area contributed by atoms with Crippen LogP contribution in [0.4, 0.5) is 5.69 Å². The lowest BCUT2D eigenvalue weighted by Crippen LogP contribution is -2.53. The molecule has 1 N–H and O–H groups in total. The number of hydrogen-bond donors (Lipinski definition) is 1. The minimum absolute atomic E-state index is 0.0180. The molecule has 2 aliphatic heterocycles. The van der Waals surface area contributed by atoms with Crippen molar-refractivity contribution in [3.05, 3.63) is 30.3 Å². The maximum absolute atomic E-state index is 13.2. The first kappa shape index (κ1) is 26.9. The molecule has 2 saturated carbocycles. The van der Waals surface area contributed by atoms with Crippen LogP contribution >= 0.6 is 0 Å². The molecule has 38 heavy (non-hydrogen) atoms. The van der Waals surface area contributed by atoms with Crippen LogP contribution in [0.25, 0.3) is 0 Å². The van der Waals surface area contributed by atoms with Crippen LogP contribution in [0.15, 0.2) is 30.3 Å². The summed E-state index contributed by atoms with van der Waals surface area (Å²) in [5.74, 6) is -2.26. The lowest BCUT2D eigenvalue weighted by Gasteiger charge is -2.44. The number of ether oxygens (including phenoxy) is 3. The van der Waals surface area contributed by atoms with Crippen molar-refractivity contribution in [3.8, 4) is 0 Å². The zero-order valence-electron chi connectivity index (χ0n) is 22.7. The third-order valence-corrected chi connectivity index (χ3v) is 9.52. The Bertz CT molecular complexity index is 1040. The Balaban J connectivity index is 1.37. The Morgan fingerprint density at radius 3 is 2.34 bits per heavy atom. The molecular weight excluding hydrogens is 488 g/mol. The number of hydrogen-bond acceptors (Lipinski definition) is 9. The molecule has 9 heteroatoms. The van der Waals surface area contributed by atoms with E-state index >= 15 is 0 Å². The number of carbonyl (C=O) groups excluding carboxylic acids is 3. The second-order valence-corrected chi connectivity index (χ2v) is 11.8. The maximum Gasteiger partial charge on any atom is 0.311 e. The van der Waals surface area contributed by atoms with E-state index in [4.69, 9.17) is 14.2 Å². The molecule has 5 rings (SSSR count). The molecule has 1 aromatic carbocycles. The second-order valence-electron chi connectivity index (χ2n) is 11.8. The predicted molar refractivity (Wildman–Crippen MR) is 139 cm³/mol. The smallest absolute Gasteiger partial charge is 0.311 e. The lowest BCUT2D eigenvalue weighted by molar-refractivity contribution is -0.165. The first-order valence-corrected chi connectivity index (χ1v) is 13.8. The van der Waals surface area contributed by atoms with Crippen LogP contribution in [0.3, 0.4) is 0 Å². The SMILES string of the molecule is CC(=O)O[C@H]1C[C@H](OC(C)=O)[C@@]2(C)[C@@H]1[C@@H](C)C[C@H]1OC(=O)[C@H](CN3CCN(c4ccccc4)CC3)[C@H]1[C@@H]2O. The molecule has 2 aliphatic carbocycles.